The van der Waals surface area contributed by atoms with Gasteiger partial charge in [0, 0.05) is 23.0 Å². The van der Waals surface area contributed by atoms with Crippen molar-refractivity contribution in [1.29, 1.82) is 0 Å². The molecule has 1 aliphatic heterocycles. The van der Waals surface area contributed by atoms with Gasteiger partial charge in [-0.25, -0.2) is 0 Å². The number of allylic oxidation sites excluding steroid dienone is 1. The van der Waals surface area contributed by atoms with Crippen LogP contribution in [-0.4, -0.2) is 74.5 Å². The van der Waals surface area contributed by atoms with Gasteiger partial charge in [-0.3, -0.25) is 4.79 Å². The zero-order chi connectivity index (χ0) is 34.4. The second kappa shape index (κ2) is 11.5. The van der Waals surface area contributed by atoms with Gasteiger partial charge in [0.15, 0.2) is 0 Å². The van der Waals surface area contributed by atoms with E-state index in [4.69, 9.17) is 20.9 Å². The van der Waals surface area contributed by atoms with Gasteiger partial charge in [-0.1, -0.05) is 65.2 Å². The Bertz CT molecular complexity index is 1400. The first kappa shape index (κ1) is 34.8. The molecule has 1 aromatic heterocycles. The summed E-state index contributed by atoms with van der Waals surface area (Å²) in [4.78, 5) is 15.1. The molecule has 264 valence electrons. The van der Waals surface area contributed by atoms with Crippen LogP contribution in [0.1, 0.15) is 106 Å². The molecule has 0 radical (unpaired) electrons. The maximum atomic E-state index is 13.4. The maximum Gasteiger partial charge on any atom is 0.307 e. The third-order valence-electron chi connectivity index (χ3n) is 15.1. The molecular weight excluding hydrogens is 596 g/mol. The van der Waals surface area contributed by atoms with Gasteiger partial charge in [0.1, 0.15) is 6.04 Å². The zero-order valence-corrected chi connectivity index (χ0v) is 30.0. The van der Waals surface area contributed by atoms with E-state index in [1.807, 2.05) is 6.92 Å². The Kier molecular flexibility index (Phi) is 8.50. The molecule has 0 amide bonds. The molecule has 5 aliphatic rings. The molecule has 12 atom stereocenters. The molecule has 1 saturated heterocycles. The number of carbonyl (C=O) groups is 1. The second-order valence-corrected chi connectivity index (χ2v) is 17.9. The molecule has 6 N–H and O–H groups in total. The second-order valence-electron chi connectivity index (χ2n) is 17.9. The summed E-state index contributed by atoms with van der Waals surface area (Å²) in [6, 6.07) is -0.246. The lowest BCUT2D eigenvalue weighted by Crippen LogP contribution is -2.69. The zero-order valence-electron chi connectivity index (χ0n) is 30.0. The van der Waals surface area contributed by atoms with Crippen molar-refractivity contribution in [2.45, 2.75) is 118 Å². The number of nitrogen functional groups attached to an aromatic ring is 1. The smallest absolute Gasteiger partial charge is 0.307 e. The van der Waals surface area contributed by atoms with Crippen LogP contribution in [0.4, 0.5) is 5.95 Å². The molecule has 6 rings (SSSR count). The maximum absolute atomic E-state index is 13.4. The van der Waals surface area contributed by atoms with Crippen molar-refractivity contribution in [2.75, 3.05) is 32.2 Å². The van der Waals surface area contributed by atoms with E-state index >= 15 is 0 Å². The van der Waals surface area contributed by atoms with Crippen LogP contribution in [-0.2, 0) is 14.3 Å². The molecule has 47 heavy (non-hydrogen) atoms. The molecule has 1 aromatic rings. The Morgan fingerprint density at radius 3 is 2.51 bits per heavy atom. The lowest BCUT2D eigenvalue weighted by atomic mass is 9.34. The van der Waals surface area contributed by atoms with Gasteiger partial charge in [-0.05, 0) is 97.0 Å². The minimum atomic E-state index is -0.694. The summed E-state index contributed by atoms with van der Waals surface area (Å²) < 4.78 is 13.4. The fraction of sp³-hybridized carbons (Fsp3) is 0.889. The number of carboxylic acids is 1. The van der Waals surface area contributed by atoms with Gasteiger partial charge >= 0.3 is 5.97 Å². The first-order valence-corrected chi connectivity index (χ1v) is 18.0. The lowest BCUT2D eigenvalue weighted by molar-refractivity contribution is -0.253. The first-order valence-electron chi connectivity index (χ1n) is 18.0. The van der Waals surface area contributed by atoms with E-state index < -0.39 is 17.4 Å². The Morgan fingerprint density at radius 2 is 1.89 bits per heavy atom. The van der Waals surface area contributed by atoms with Crippen molar-refractivity contribution in [2.24, 2.45) is 62.4 Å². The molecule has 11 heteroatoms. The average molecular weight is 657 g/mol. The lowest BCUT2D eigenvalue weighted by Gasteiger charge is -2.71. The van der Waals surface area contributed by atoms with Crippen molar-refractivity contribution in [1.82, 2.24) is 20.2 Å². The van der Waals surface area contributed by atoms with E-state index in [9.17, 15) is 15.0 Å². The standard InChI is InChI=1S/C36H60N6O5/c1-21(2)22(3)32(5)13-14-34(7)23-9-10-26-33(6)19-46-20-36(26,24(23)11-12-35(34,8)27(32)29(44)45)17-25(42-40-30(37)39-41-42)28(33)47-18-31(4,38)15-16-43/h11,21-23,25-28,43H,9-10,12-20,38H2,1-8H3,(H2,37,40)(H,44,45)/t22-,23+,25-,26+,27-,28+,31?,32-,33-,34-,35+,36+/m1/s1. The SMILES string of the molecule is CC(C)[C@@H](C)[C@@]1(C)CC[C@]2(C)[C@H]3CC[C@@H]4[C@@]5(COC[C@@]4(C)[C@@H](OCC(C)(N)CCO)[C@H](n4nnc(N)n4)C5)C3=CC[C@@]2(C)[C@@H]1C(=O)O. The summed E-state index contributed by atoms with van der Waals surface area (Å²) in [6.07, 6.45) is 8.00. The van der Waals surface area contributed by atoms with Crippen molar-refractivity contribution < 1.29 is 24.5 Å². The van der Waals surface area contributed by atoms with Crippen LogP contribution in [0, 0.1) is 56.7 Å². The van der Waals surface area contributed by atoms with Crippen molar-refractivity contribution in [3.05, 3.63) is 11.6 Å². The van der Waals surface area contributed by atoms with E-state index in [0.29, 0.717) is 43.8 Å². The number of aliphatic carboxylic acids is 1. The van der Waals surface area contributed by atoms with Gasteiger partial charge in [0.2, 0.25) is 0 Å². The van der Waals surface area contributed by atoms with Crippen LogP contribution in [0.3, 0.4) is 0 Å². The summed E-state index contributed by atoms with van der Waals surface area (Å²) in [5.74, 6) is 0.304. The van der Waals surface area contributed by atoms with Crippen molar-refractivity contribution >= 4 is 11.9 Å². The fourth-order valence-electron chi connectivity index (χ4n) is 12.1. The topological polar surface area (TPSA) is 172 Å². The van der Waals surface area contributed by atoms with Gasteiger partial charge < -0.3 is 31.2 Å². The van der Waals surface area contributed by atoms with Gasteiger partial charge in [-0.2, -0.15) is 4.80 Å². The highest BCUT2D eigenvalue weighted by Crippen LogP contribution is 2.75. The molecular formula is C36H60N6O5. The fourth-order valence-corrected chi connectivity index (χ4v) is 12.1. The number of tetrazole rings is 1. The minimum Gasteiger partial charge on any atom is -0.481 e. The predicted molar refractivity (Wildman–Crippen MR) is 179 cm³/mol. The summed E-state index contributed by atoms with van der Waals surface area (Å²) in [5, 5.41) is 33.6. The average Bonchev–Trinajstić information content (AvgIpc) is 3.42. The number of aliphatic hydroxyl groups excluding tert-OH is 1. The van der Waals surface area contributed by atoms with E-state index in [2.05, 4.69) is 70.0 Å². The first-order chi connectivity index (χ1) is 21.9. The normalized spacial score (nSPS) is 44.8. The Labute approximate surface area is 280 Å². The number of nitrogens with two attached hydrogens (primary N) is 2. The molecule has 2 heterocycles. The van der Waals surface area contributed by atoms with Gasteiger partial charge in [-0.15, -0.1) is 5.10 Å². The number of rotatable bonds is 9. The Morgan fingerprint density at radius 1 is 1.17 bits per heavy atom. The molecule has 4 aliphatic carbocycles. The highest BCUT2D eigenvalue weighted by atomic mass is 16.5. The highest BCUT2D eigenvalue weighted by molar-refractivity contribution is 5.73. The molecule has 4 fully saturated rings. The number of aliphatic hydroxyl groups is 1. The van der Waals surface area contributed by atoms with Crippen LogP contribution >= 0.6 is 0 Å². The largest absolute Gasteiger partial charge is 0.481 e. The number of carboxylic acid groups (broad SMARTS) is 1. The summed E-state index contributed by atoms with van der Waals surface area (Å²) in [6.45, 7) is 19.3. The molecule has 11 nitrogen and oxygen atoms in total. The third-order valence-corrected chi connectivity index (χ3v) is 15.1. The number of hydrogen-bond acceptors (Lipinski definition) is 9. The molecule has 1 unspecified atom stereocenters. The minimum absolute atomic E-state index is 0.0107. The quantitative estimate of drug-likeness (QED) is 0.269. The van der Waals surface area contributed by atoms with Crippen LogP contribution in [0.25, 0.3) is 0 Å². The number of anilines is 1. The number of nitrogens with zero attached hydrogens (tertiary/aromatic N) is 4. The van der Waals surface area contributed by atoms with Crippen LogP contribution in [0.5, 0.6) is 0 Å². The summed E-state index contributed by atoms with van der Waals surface area (Å²) in [5.41, 5.74) is 11.9. The molecule has 2 bridgehead atoms. The number of fused-ring (bicyclic) bond motifs is 3. The van der Waals surface area contributed by atoms with Crippen LogP contribution in [0.2, 0.25) is 0 Å². The van der Waals surface area contributed by atoms with E-state index in [-0.39, 0.29) is 64.3 Å². The Balaban J connectivity index is 1.44. The number of hydrogen-bond donors (Lipinski definition) is 4. The molecule has 3 saturated carbocycles. The predicted octanol–water partition coefficient (Wildman–Crippen LogP) is 4.87. The van der Waals surface area contributed by atoms with E-state index in [1.54, 1.807) is 4.80 Å². The van der Waals surface area contributed by atoms with Crippen LogP contribution in [0.15, 0.2) is 11.6 Å². The third kappa shape index (κ3) is 4.95. The number of ether oxygens (including phenoxy) is 2. The van der Waals surface area contributed by atoms with Gasteiger partial charge in [0.05, 0.1) is 31.8 Å². The van der Waals surface area contributed by atoms with Crippen LogP contribution < -0.4 is 11.5 Å². The Hall–Kier alpha value is -2.08. The highest BCUT2D eigenvalue weighted by Gasteiger charge is 2.72. The van der Waals surface area contributed by atoms with E-state index in [0.717, 1.165) is 32.1 Å². The van der Waals surface area contributed by atoms with Crippen molar-refractivity contribution in [3.63, 3.8) is 0 Å². The van der Waals surface area contributed by atoms with Gasteiger partial charge in [0.25, 0.3) is 5.95 Å². The van der Waals surface area contributed by atoms with E-state index in [1.165, 1.54) is 5.57 Å². The summed E-state index contributed by atoms with van der Waals surface area (Å²) >= 11 is 0. The monoisotopic (exact) mass is 656 g/mol. The summed E-state index contributed by atoms with van der Waals surface area (Å²) in [7, 11) is 0. The number of aromatic nitrogens is 4. The molecule has 0 spiro atoms. The molecule has 0 aromatic carbocycles. The van der Waals surface area contributed by atoms with Crippen molar-refractivity contribution in [3.8, 4) is 0 Å².